The lowest BCUT2D eigenvalue weighted by atomic mass is 10.2. The highest BCUT2D eigenvalue weighted by molar-refractivity contribution is 9.10. The molecular formula is C11H7BrN4S. The first-order valence-corrected chi connectivity index (χ1v) is 6.53. The number of thiophene rings is 1. The zero-order chi connectivity index (χ0) is 11.8. The summed E-state index contributed by atoms with van der Waals surface area (Å²) in [5, 5.41) is 2.01. The van der Waals surface area contributed by atoms with E-state index in [9.17, 15) is 0 Å². The number of fused-ring (bicyclic) bond motifs is 1. The number of anilines is 1. The first kappa shape index (κ1) is 10.6. The lowest BCUT2D eigenvalue weighted by molar-refractivity contribution is 1.16. The molecule has 0 amide bonds. The number of nitrogen functional groups attached to an aromatic ring is 1. The Hall–Kier alpha value is -1.53. The van der Waals surface area contributed by atoms with Crippen molar-refractivity contribution in [1.82, 2.24) is 15.0 Å². The Morgan fingerprint density at radius 2 is 2.12 bits per heavy atom. The van der Waals surface area contributed by atoms with Crippen LogP contribution in [-0.4, -0.2) is 15.0 Å². The van der Waals surface area contributed by atoms with E-state index in [-0.39, 0.29) is 0 Å². The third-order valence-electron chi connectivity index (χ3n) is 2.33. The molecule has 0 saturated carbocycles. The predicted molar refractivity (Wildman–Crippen MR) is 72.8 cm³/mol. The SMILES string of the molecule is Nc1nc(-c2cnc3ccsc3c2)ncc1Br. The first-order valence-electron chi connectivity index (χ1n) is 4.86. The van der Waals surface area contributed by atoms with Gasteiger partial charge in [-0.2, -0.15) is 0 Å². The van der Waals surface area contributed by atoms with Crippen molar-refractivity contribution in [2.45, 2.75) is 0 Å². The normalized spacial score (nSPS) is 10.9. The quantitative estimate of drug-likeness (QED) is 0.750. The van der Waals surface area contributed by atoms with Gasteiger partial charge in [0.1, 0.15) is 5.82 Å². The number of pyridine rings is 1. The molecule has 0 unspecified atom stereocenters. The van der Waals surface area contributed by atoms with Crippen molar-refractivity contribution in [3.05, 3.63) is 34.4 Å². The first-order chi connectivity index (χ1) is 8.24. The van der Waals surface area contributed by atoms with Gasteiger partial charge < -0.3 is 5.73 Å². The predicted octanol–water partition coefficient (Wildman–Crippen LogP) is 3.10. The summed E-state index contributed by atoms with van der Waals surface area (Å²) in [5.74, 6) is 1.02. The van der Waals surface area contributed by atoms with Gasteiger partial charge in [-0.25, -0.2) is 9.97 Å². The van der Waals surface area contributed by atoms with Gasteiger partial charge in [-0.3, -0.25) is 4.98 Å². The summed E-state index contributed by atoms with van der Waals surface area (Å²) in [6.07, 6.45) is 3.41. The number of nitrogens with zero attached hydrogens (tertiary/aromatic N) is 3. The number of hydrogen-bond acceptors (Lipinski definition) is 5. The molecule has 6 heteroatoms. The van der Waals surface area contributed by atoms with Gasteiger partial charge in [-0.05, 0) is 33.4 Å². The fourth-order valence-electron chi connectivity index (χ4n) is 1.49. The average molecular weight is 307 g/mol. The Bertz CT molecular complexity index is 695. The van der Waals surface area contributed by atoms with Gasteiger partial charge in [0.05, 0.1) is 14.7 Å². The third-order valence-corrected chi connectivity index (χ3v) is 3.80. The molecule has 2 N–H and O–H groups in total. The van der Waals surface area contributed by atoms with Gasteiger partial charge in [0.15, 0.2) is 5.82 Å². The maximum absolute atomic E-state index is 5.73. The van der Waals surface area contributed by atoms with Crippen LogP contribution in [0.1, 0.15) is 0 Å². The Kier molecular flexibility index (Phi) is 2.53. The van der Waals surface area contributed by atoms with Crippen LogP contribution in [0.15, 0.2) is 34.4 Å². The van der Waals surface area contributed by atoms with E-state index in [1.54, 1.807) is 23.7 Å². The van der Waals surface area contributed by atoms with Gasteiger partial charge >= 0.3 is 0 Å². The lowest BCUT2D eigenvalue weighted by Gasteiger charge is -2.02. The molecule has 3 rings (SSSR count). The Morgan fingerprint density at radius 3 is 2.94 bits per heavy atom. The molecule has 0 spiro atoms. The van der Waals surface area contributed by atoms with E-state index in [4.69, 9.17) is 5.73 Å². The van der Waals surface area contributed by atoms with Crippen LogP contribution in [0.3, 0.4) is 0 Å². The van der Waals surface area contributed by atoms with Crippen LogP contribution in [0.25, 0.3) is 21.6 Å². The van der Waals surface area contributed by atoms with Gasteiger partial charge in [-0.1, -0.05) is 0 Å². The van der Waals surface area contributed by atoms with E-state index in [0.29, 0.717) is 16.1 Å². The summed E-state index contributed by atoms with van der Waals surface area (Å²) in [7, 11) is 0. The standard InChI is InChI=1S/C11H7BrN4S/c12-7-5-15-11(16-10(7)13)6-3-9-8(14-4-6)1-2-17-9/h1-5H,(H2,13,15,16). The second kappa shape index (κ2) is 4.05. The van der Waals surface area contributed by atoms with Crippen LogP contribution < -0.4 is 5.73 Å². The molecule has 4 nitrogen and oxygen atoms in total. The van der Waals surface area contributed by atoms with E-state index < -0.39 is 0 Å². The van der Waals surface area contributed by atoms with Gasteiger partial charge in [0.25, 0.3) is 0 Å². The topological polar surface area (TPSA) is 64.7 Å². The number of aromatic nitrogens is 3. The molecular weight excluding hydrogens is 300 g/mol. The molecule has 3 aromatic heterocycles. The molecule has 3 heterocycles. The summed E-state index contributed by atoms with van der Waals surface area (Å²) in [5.41, 5.74) is 7.60. The molecule has 0 aliphatic rings. The zero-order valence-corrected chi connectivity index (χ0v) is 11.0. The molecule has 0 aliphatic heterocycles. The van der Waals surface area contributed by atoms with Crippen LogP contribution in [0.4, 0.5) is 5.82 Å². The van der Waals surface area contributed by atoms with Crippen LogP contribution in [-0.2, 0) is 0 Å². The molecule has 3 aromatic rings. The zero-order valence-electron chi connectivity index (χ0n) is 8.59. The van der Waals surface area contributed by atoms with Crippen LogP contribution in [0.5, 0.6) is 0 Å². The summed E-state index contributed by atoms with van der Waals surface area (Å²) in [4.78, 5) is 12.8. The number of hydrogen-bond donors (Lipinski definition) is 1. The third kappa shape index (κ3) is 1.89. The van der Waals surface area contributed by atoms with E-state index in [2.05, 4.69) is 30.9 Å². The van der Waals surface area contributed by atoms with E-state index in [1.807, 2.05) is 17.5 Å². The maximum atomic E-state index is 5.73. The van der Waals surface area contributed by atoms with Gasteiger partial charge in [0.2, 0.25) is 0 Å². The van der Waals surface area contributed by atoms with Gasteiger partial charge in [0, 0.05) is 18.0 Å². The highest BCUT2D eigenvalue weighted by Gasteiger charge is 2.06. The molecule has 0 saturated heterocycles. The van der Waals surface area contributed by atoms with Crippen molar-refractivity contribution >= 4 is 43.3 Å². The Balaban J connectivity index is 2.16. The molecule has 0 bridgehead atoms. The van der Waals surface area contributed by atoms with Gasteiger partial charge in [-0.15, -0.1) is 11.3 Å². The van der Waals surface area contributed by atoms with Crippen molar-refractivity contribution in [1.29, 1.82) is 0 Å². The Morgan fingerprint density at radius 1 is 1.24 bits per heavy atom. The lowest BCUT2D eigenvalue weighted by Crippen LogP contribution is -1.96. The average Bonchev–Trinajstić information content (AvgIpc) is 2.79. The second-order valence-corrected chi connectivity index (χ2v) is 5.26. The minimum absolute atomic E-state index is 0.432. The molecule has 84 valence electrons. The minimum atomic E-state index is 0.432. The fraction of sp³-hybridized carbons (Fsp3) is 0. The summed E-state index contributed by atoms with van der Waals surface area (Å²) >= 11 is 4.92. The molecule has 17 heavy (non-hydrogen) atoms. The molecule has 0 radical (unpaired) electrons. The monoisotopic (exact) mass is 306 g/mol. The van der Waals surface area contributed by atoms with Crippen LogP contribution in [0, 0.1) is 0 Å². The number of halogens is 1. The molecule has 0 atom stereocenters. The maximum Gasteiger partial charge on any atom is 0.163 e. The second-order valence-electron chi connectivity index (χ2n) is 3.45. The Labute approximate surface area is 110 Å². The van der Waals surface area contributed by atoms with E-state index >= 15 is 0 Å². The van der Waals surface area contributed by atoms with Crippen LogP contribution >= 0.6 is 27.3 Å². The smallest absolute Gasteiger partial charge is 0.163 e. The van der Waals surface area contributed by atoms with Crippen LogP contribution in [0.2, 0.25) is 0 Å². The van der Waals surface area contributed by atoms with Crippen molar-refractivity contribution in [3.8, 4) is 11.4 Å². The minimum Gasteiger partial charge on any atom is -0.383 e. The molecule has 0 aromatic carbocycles. The van der Waals surface area contributed by atoms with E-state index in [1.165, 1.54) is 0 Å². The molecule has 0 fully saturated rings. The summed E-state index contributed by atoms with van der Waals surface area (Å²) in [6, 6.07) is 4.01. The van der Waals surface area contributed by atoms with Crippen molar-refractivity contribution in [2.24, 2.45) is 0 Å². The fourth-order valence-corrected chi connectivity index (χ4v) is 2.46. The number of nitrogens with two attached hydrogens (primary N) is 1. The largest absolute Gasteiger partial charge is 0.383 e. The molecule has 0 aliphatic carbocycles. The van der Waals surface area contributed by atoms with Crippen molar-refractivity contribution in [3.63, 3.8) is 0 Å². The van der Waals surface area contributed by atoms with Crippen molar-refractivity contribution < 1.29 is 0 Å². The summed E-state index contributed by atoms with van der Waals surface area (Å²) in [6.45, 7) is 0. The highest BCUT2D eigenvalue weighted by atomic mass is 79.9. The number of rotatable bonds is 1. The van der Waals surface area contributed by atoms with E-state index in [0.717, 1.165) is 15.8 Å². The highest BCUT2D eigenvalue weighted by Crippen LogP contribution is 2.25. The van der Waals surface area contributed by atoms with Crippen molar-refractivity contribution in [2.75, 3.05) is 5.73 Å². The summed E-state index contributed by atoms with van der Waals surface area (Å²) < 4.78 is 1.82.